The van der Waals surface area contributed by atoms with Crippen LogP contribution in [0, 0.1) is 0 Å². The molecule has 28 heavy (non-hydrogen) atoms. The van der Waals surface area contributed by atoms with Gasteiger partial charge in [-0.2, -0.15) is 18.2 Å². The Kier molecular flexibility index (Phi) is 4.41. The summed E-state index contributed by atoms with van der Waals surface area (Å²) in [5.41, 5.74) is 0.158. The van der Waals surface area contributed by atoms with E-state index in [0.29, 0.717) is 17.8 Å². The summed E-state index contributed by atoms with van der Waals surface area (Å²) in [5, 5.41) is 6.78. The van der Waals surface area contributed by atoms with Gasteiger partial charge < -0.3 is 4.74 Å². The van der Waals surface area contributed by atoms with Crippen molar-refractivity contribution in [3.8, 4) is 11.4 Å². The van der Waals surface area contributed by atoms with E-state index in [2.05, 4.69) is 25.1 Å². The maximum Gasteiger partial charge on any atom is 0.433 e. The van der Waals surface area contributed by atoms with Crippen LogP contribution in [0.25, 0.3) is 11.4 Å². The van der Waals surface area contributed by atoms with E-state index in [-0.39, 0.29) is 12.5 Å². The van der Waals surface area contributed by atoms with Gasteiger partial charge in [-0.3, -0.25) is 15.1 Å². The summed E-state index contributed by atoms with van der Waals surface area (Å²) in [6.45, 7) is 0.248. The molecule has 8 nitrogen and oxygen atoms in total. The number of alkyl halides is 3. The number of aromatic amines is 1. The Bertz CT molecular complexity index is 975. The van der Waals surface area contributed by atoms with E-state index in [0.717, 1.165) is 17.8 Å². The van der Waals surface area contributed by atoms with Gasteiger partial charge in [0, 0.05) is 42.7 Å². The molecule has 0 spiro atoms. The van der Waals surface area contributed by atoms with Crippen molar-refractivity contribution in [2.24, 2.45) is 0 Å². The van der Waals surface area contributed by atoms with Crippen molar-refractivity contribution >= 4 is 12.0 Å². The second-order valence-electron chi connectivity index (χ2n) is 6.01. The van der Waals surface area contributed by atoms with Crippen LogP contribution in [0.5, 0.6) is 0 Å². The van der Waals surface area contributed by atoms with Gasteiger partial charge in [-0.25, -0.2) is 9.69 Å². The standard InChI is InChI=1S/C17H13F3N6O2/c18-17(19,20)13-2-1-11(9-22-13)12-5-8-26(16(27)28-12)15-23-14(24-25-15)10-3-6-21-7-4-10/h1-4,6-7,9,12H,5,8H2,(H,23,24,25). The molecule has 1 unspecified atom stereocenters. The number of H-pyrrole nitrogens is 1. The van der Waals surface area contributed by atoms with Crippen LogP contribution in [0.4, 0.5) is 23.9 Å². The lowest BCUT2D eigenvalue weighted by atomic mass is 10.1. The first-order valence-electron chi connectivity index (χ1n) is 8.26. The van der Waals surface area contributed by atoms with E-state index in [1.54, 1.807) is 24.5 Å². The molecule has 4 rings (SSSR count). The number of nitrogens with zero attached hydrogens (tertiary/aromatic N) is 5. The molecular formula is C17H13F3N6O2. The van der Waals surface area contributed by atoms with E-state index in [9.17, 15) is 18.0 Å². The summed E-state index contributed by atoms with van der Waals surface area (Å²) in [7, 11) is 0. The van der Waals surface area contributed by atoms with Crippen LogP contribution in [0.2, 0.25) is 0 Å². The average molecular weight is 390 g/mol. The number of hydrogen-bond donors (Lipinski definition) is 1. The fourth-order valence-corrected chi connectivity index (χ4v) is 2.77. The molecule has 11 heteroatoms. The Balaban J connectivity index is 1.46. The van der Waals surface area contributed by atoms with E-state index in [1.807, 2.05) is 0 Å². The summed E-state index contributed by atoms with van der Waals surface area (Å²) in [4.78, 5) is 25.2. The van der Waals surface area contributed by atoms with Gasteiger partial charge in [-0.15, -0.1) is 5.10 Å². The molecule has 1 fully saturated rings. The minimum Gasteiger partial charge on any atom is -0.441 e. The minimum atomic E-state index is -4.52. The maximum absolute atomic E-state index is 12.6. The second kappa shape index (κ2) is 6.91. The smallest absolute Gasteiger partial charge is 0.433 e. The fraction of sp³-hybridized carbons (Fsp3) is 0.235. The highest BCUT2D eigenvalue weighted by atomic mass is 19.4. The SMILES string of the molecule is O=C1OC(c2ccc(C(F)(F)F)nc2)CCN1c1n[nH]c(-c2ccncc2)n1. The topological polar surface area (TPSA) is 96.9 Å². The number of pyridine rings is 2. The molecule has 1 aliphatic heterocycles. The van der Waals surface area contributed by atoms with Crippen molar-refractivity contribution < 1.29 is 22.7 Å². The highest BCUT2D eigenvalue weighted by Crippen LogP contribution is 2.31. The zero-order chi connectivity index (χ0) is 19.7. The lowest BCUT2D eigenvalue weighted by Gasteiger charge is -2.29. The van der Waals surface area contributed by atoms with Gasteiger partial charge in [-0.05, 0) is 18.2 Å². The van der Waals surface area contributed by atoms with Gasteiger partial charge in [0.1, 0.15) is 11.8 Å². The van der Waals surface area contributed by atoms with Crippen molar-refractivity contribution in [1.82, 2.24) is 25.1 Å². The molecule has 1 aliphatic rings. The number of aromatic nitrogens is 5. The summed E-state index contributed by atoms with van der Waals surface area (Å²) in [5.74, 6) is 0.625. The normalized spacial score (nSPS) is 17.5. The van der Waals surface area contributed by atoms with Crippen LogP contribution in [-0.2, 0) is 10.9 Å². The third-order valence-electron chi connectivity index (χ3n) is 4.20. The van der Waals surface area contributed by atoms with Gasteiger partial charge in [0.2, 0.25) is 0 Å². The molecular weight excluding hydrogens is 377 g/mol. The summed E-state index contributed by atoms with van der Waals surface area (Å²) < 4.78 is 43.2. The Labute approximate surface area is 156 Å². The number of amides is 1. The number of ether oxygens (including phenoxy) is 1. The molecule has 0 radical (unpaired) electrons. The number of anilines is 1. The molecule has 1 atom stereocenters. The third kappa shape index (κ3) is 3.50. The molecule has 0 saturated carbocycles. The molecule has 144 valence electrons. The highest BCUT2D eigenvalue weighted by Gasteiger charge is 2.34. The van der Waals surface area contributed by atoms with Crippen molar-refractivity contribution in [2.75, 3.05) is 11.4 Å². The monoisotopic (exact) mass is 390 g/mol. The third-order valence-corrected chi connectivity index (χ3v) is 4.20. The van der Waals surface area contributed by atoms with Crippen LogP contribution in [0.1, 0.15) is 23.8 Å². The lowest BCUT2D eigenvalue weighted by Crippen LogP contribution is -2.39. The van der Waals surface area contributed by atoms with Crippen LogP contribution >= 0.6 is 0 Å². The van der Waals surface area contributed by atoms with Crippen molar-refractivity contribution in [3.05, 3.63) is 54.1 Å². The van der Waals surface area contributed by atoms with E-state index >= 15 is 0 Å². The quantitative estimate of drug-likeness (QED) is 0.737. The first kappa shape index (κ1) is 17.9. The van der Waals surface area contributed by atoms with Crippen LogP contribution in [0.15, 0.2) is 42.9 Å². The van der Waals surface area contributed by atoms with Gasteiger partial charge in [-0.1, -0.05) is 6.07 Å². The van der Waals surface area contributed by atoms with Crippen molar-refractivity contribution in [2.45, 2.75) is 18.7 Å². The van der Waals surface area contributed by atoms with Crippen LogP contribution in [-0.4, -0.2) is 37.8 Å². The van der Waals surface area contributed by atoms with Gasteiger partial charge in [0.25, 0.3) is 5.95 Å². The molecule has 1 saturated heterocycles. The molecule has 0 aliphatic carbocycles. The molecule has 0 aromatic carbocycles. The summed E-state index contributed by atoms with van der Waals surface area (Å²) >= 11 is 0. The number of carbonyl (C=O) groups is 1. The maximum atomic E-state index is 12.6. The van der Waals surface area contributed by atoms with Crippen LogP contribution < -0.4 is 4.90 Å². The Morgan fingerprint density at radius 2 is 1.96 bits per heavy atom. The molecule has 1 amide bonds. The fourth-order valence-electron chi connectivity index (χ4n) is 2.77. The Hall–Kier alpha value is -3.50. The molecule has 0 bridgehead atoms. The van der Waals surface area contributed by atoms with Crippen molar-refractivity contribution in [1.29, 1.82) is 0 Å². The number of carbonyl (C=O) groups excluding carboxylic acids is 1. The summed E-state index contributed by atoms with van der Waals surface area (Å²) in [6.07, 6.45) is -1.24. The van der Waals surface area contributed by atoms with Crippen molar-refractivity contribution in [3.63, 3.8) is 0 Å². The molecule has 3 aromatic heterocycles. The van der Waals surface area contributed by atoms with Gasteiger partial charge in [0.05, 0.1) is 0 Å². The van der Waals surface area contributed by atoms with Crippen LogP contribution in [0.3, 0.4) is 0 Å². The van der Waals surface area contributed by atoms with E-state index < -0.39 is 24.1 Å². The lowest BCUT2D eigenvalue weighted by molar-refractivity contribution is -0.141. The van der Waals surface area contributed by atoms with E-state index in [1.165, 1.54) is 11.0 Å². The molecule has 1 N–H and O–H groups in total. The summed E-state index contributed by atoms with van der Waals surface area (Å²) in [6, 6.07) is 5.61. The van der Waals surface area contributed by atoms with Gasteiger partial charge in [0.15, 0.2) is 5.82 Å². The molecule has 3 aromatic rings. The minimum absolute atomic E-state index is 0.154. The largest absolute Gasteiger partial charge is 0.441 e. The zero-order valence-electron chi connectivity index (χ0n) is 14.2. The average Bonchev–Trinajstić information content (AvgIpc) is 3.18. The van der Waals surface area contributed by atoms with Gasteiger partial charge >= 0.3 is 12.3 Å². The number of rotatable bonds is 3. The zero-order valence-corrected chi connectivity index (χ0v) is 14.2. The predicted octanol–water partition coefficient (Wildman–Crippen LogP) is 3.37. The second-order valence-corrected chi connectivity index (χ2v) is 6.01. The first-order chi connectivity index (χ1) is 13.4. The number of halogens is 3. The highest BCUT2D eigenvalue weighted by molar-refractivity contribution is 5.86. The number of hydrogen-bond acceptors (Lipinski definition) is 6. The number of nitrogens with one attached hydrogen (secondary N) is 1. The predicted molar refractivity (Wildman–Crippen MR) is 90.0 cm³/mol. The van der Waals surface area contributed by atoms with E-state index in [4.69, 9.17) is 4.74 Å². The first-order valence-corrected chi connectivity index (χ1v) is 8.26. The Morgan fingerprint density at radius 3 is 2.61 bits per heavy atom. The Morgan fingerprint density at radius 1 is 1.18 bits per heavy atom. The number of cyclic esters (lactones) is 1. The molecule has 4 heterocycles.